The lowest BCUT2D eigenvalue weighted by Crippen LogP contribution is -2.15. The lowest BCUT2D eigenvalue weighted by molar-refractivity contribution is -0.143. The molecule has 4 atom stereocenters. The standard InChI is InChI=1S/C16H22O3/c1-3-18-10(2)6-16(17)19-13-8-14-11-4-5-12(7-11)15(14)9-13/h4-6,11-15H,3,7-9H2,1-2H3/b10-6-. The summed E-state index contributed by atoms with van der Waals surface area (Å²) in [4.78, 5) is 11.8. The van der Waals surface area contributed by atoms with Crippen molar-refractivity contribution >= 4 is 5.97 Å². The molecule has 0 saturated heterocycles. The minimum atomic E-state index is -0.253. The Morgan fingerprint density at radius 3 is 2.42 bits per heavy atom. The van der Waals surface area contributed by atoms with Crippen molar-refractivity contribution in [3.8, 4) is 0 Å². The van der Waals surface area contributed by atoms with Gasteiger partial charge in [0.15, 0.2) is 0 Å². The molecule has 2 bridgehead atoms. The van der Waals surface area contributed by atoms with Gasteiger partial charge in [0, 0.05) is 0 Å². The fourth-order valence-corrected chi connectivity index (χ4v) is 4.16. The van der Waals surface area contributed by atoms with E-state index in [-0.39, 0.29) is 12.1 Å². The number of fused-ring (bicyclic) bond motifs is 5. The lowest BCUT2D eigenvalue weighted by Gasteiger charge is -2.18. The number of carbonyl (C=O) groups excluding carboxylic acids is 1. The van der Waals surface area contributed by atoms with E-state index in [0.29, 0.717) is 12.4 Å². The average molecular weight is 262 g/mol. The Labute approximate surface area is 114 Å². The molecule has 2 saturated carbocycles. The van der Waals surface area contributed by atoms with Gasteiger partial charge >= 0.3 is 5.97 Å². The zero-order valence-corrected chi connectivity index (χ0v) is 11.7. The van der Waals surface area contributed by atoms with E-state index >= 15 is 0 Å². The van der Waals surface area contributed by atoms with Crippen molar-refractivity contribution in [2.75, 3.05) is 6.61 Å². The third-order valence-electron chi connectivity index (χ3n) is 4.85. The van der Waals surface area contributed by atoms with E-state index in [1.165, 1.54) is 12.5 Å². The summed E-state index contributed by atoms with van der Waals surface area (Å²) in [5.74, 6) is 3.39. The Morgan fingerprint density at radius 2 is 1.84 bits per heavy atom. The highest BCUT2D eigenvalue weighted by molar-refractivity contribution is 5.82. The molecule has 0 aromatic heterocycles. The number of allylic oxidation sites excluding steroid dienone is 3. The molecule has 3 aliphatic carbocycles. The Hall–Kier alpha value is -1.25. The molecule has 0 spiro atoms. The average Bonchev–Trinajstić information content (AvgIpc) is 2.98. The zero-order chi connectivity index (χ0) is 13.4. The van der Waals surface area contributed by atoms with Crippen molar-refractivity contribution in [3.63, 3.8) is 0 Å². The van der Waals surface area contributed by atoms with Crippen LogP contribution in [-0.4, -0.2) is 18.7 Å². The molecule has 0 radical (unpaired) electrons. The van der Waals surface area contributed by atoms with Crippen LogP contribution in [0.25, 0.3) is 0 Å². The molecule has 19 heavy (non-hydrogen) atoms. The van der Waals surface area contributed by atoms with Crippen LogP contribution in [0.2, 0.25) is 0 Å². The van der Waals surface area contributed by atoms with Crippen molar-refractivity contribution < 1.29 is 14.3 Å². The van der Waals surface area contributed by atoms with Crippen LogP contribution in [0.1, 0.15) is 33.1 Å². The van der Waals surface area contributed by atoms with Crippen LogP contribution in [0.4, 0.5) is 0 Å². The SMILES string of the molecule is CCO/C(C)=C\C(=O)OC1CC2C3C=CC(C3)C2C1. The number of esters is 1. The summed E-state index contributed by atoms with van der Waals surface area (Å²) in [6, 6.07) is 0. The number of hydrogen-bond acceptors (Lipinski definition) is 3. The monoisotopic (exact) mass is 262 g/mol. The number of rotatable bonds is 4. The molecule has 4 unspecified atom stereocenters. The van der Waals surface area contributed by atoms with E-state index in [1.807, 2.05) is 6.92 Å². The first kappa shape index (κ1) is 12.8. The molecule has 2 fully saturated rings. The van der Waals surface area contributed by atoms with Gasteiger partial charge in [0.2, 0.25) is 0 Å². The molecular weight excluding hydrogens is 240 g/mol. The van der Waals surface area contributed by atoms with Crippen LogP contribution < -0.4 is 0 Å². The molecular formula is C16H22O3. The van der Waals surface area contributed by atoms with Gasteiger partial charge in [-0.3, -0.25) is 0 Å². The molecule has 104 valence electrons. The Balaban J connectivity index is 1.53. The number of ether oxygens (including phenoxy) is 2. The predicted molar refractivity (Wildman–Crippen MR) is 72.2 cm³/mol. The maximum Gasteiger partial charge on any atom is 0.334 e. The minimum Gasteiger partial charge on any atom is -0.498 e. The molecule has 3 aliphatic rings. The third kappa shape index (κ3) is 2.43. The van der Waals surface area contributed by atoms with Crippen LogP contribution in [0, 0.1) is 23.7 Å². The van der Waals surface area contributed by atoms with E-state index in [9.17, 15) is 4.79 Å². The third-order valence-corrected chi connectivity index (χ3v) is 4.85. The fraction of sp³-hybridized carbons (Fsp3) is 0.688. The maximum absolute atomic E-state index is 11.8. The zero-order valence-electron chi connectivity index (χ0n) is 11.7. The Bertz CT molecular complexity index is 404. The van der Waals surface area contributed by atoms with Crippen molar-refractivity contribution in [2.45, 2.75) is 39.2 Å². The maximum atomic E-state index is 11.8. The molecule has 0 aromatic carbocycles. The second kappa shape index (κ2) is 5.03. The van der Waals surface area contributed by atoms with Crippen LogP contribution >= 0.6 is 0 Å². The molecule has 0 amide bonds. The Kier molecular flexibility index (Phi) is 3.38. The van der Waals surface area contributed by atoms with Gasteiger partial charge < -0.3 is 9.47 Å². The largest absolute Gasteiger partial charge is 0.498 e. The van der Waals surface area contributed by atoms with Gasteiger partial charge in [-0.15, -0.1) is 0 Å². The van der Waals surface area contributed by atoms with E-state index in [1.54, 1.807) is 6.92 Å². The van der Waals surface area contributed by atoms with E-state index in [2.05, 4.69) is 12.2 Å². The summed E-state index contributed by atoms with van der Waals surface area (Å²) in [5.41, 5.74) is 0. The second-order valence-corrected chi connectivity index (χ2v) is 5.99. The van der Waals surface area contributed by atoms with Crippen LogP contribution in [-0.2, 0) is 14.3 Å². The van der Waals surface area contributed by atoms with Crippen molar-refractivity contribution in [3.05, 3.63) is 24.0 Å². The van der Waals surface area contributed by atoms with Gasteiger partial charge in [-0.1, -0.05) is 12.2 Å². The molecule has 3 nitrogen and oxygen atoms in total. The van der Waals surface area contributed by atoms with Gasteiger partial charge in [-0.25, -0.2) is 4.79 Å². The first-order valence-electron chi connectivity index (χ1n) is 7.37. The molecule has 0 heterocycles. The highest BCUT2D eigenvalue weighted by atomic mass is 16.5. The van der Waals surface area contributed by atoms with Crippen molar-refractivity contribution in [1.82, 2.24) is 0 Å². The van der Waals surface area contributed by atoms with E-state index in [0.717, 1.165) is 36.5 Å². The van der Waals surface area contributed by atoms with Crippen molar-refractivity contribution in [1.29, 1.82) is 0 Å². The first-order chi connectivity index (χ1) is 9.17. The summed E-state index contributed by atoms with van der Waals surface area (Å²) >= 11 is 0. The summed E-state index contributed by atoms with van der Waals surface area (Å²) in [5, 5.41) is 0. The van der Waals surface area contributed by atoms with Gasteiger partial charge in [0.25, 0.3) is 0 Å². The summed E-state index contributed by atoms with van der Waals surface area (Å²) in [7, 11) is 0. The highest BCUT2D eigenvalue weighted by Gasteiger charge is 2.50. The van der Waals surface area contributed by atoms with Crippen molar-refractivity contribution in [2.24, 2.45) is 23.7 Å². The Morgan fingerprint density at radius 1 is 1.21 bits per heavy atom. The van der Waals surface area contributed by atoms with Crippen LogP contribution in [0.15, 0.2) is 24.0 Å². The minimum absolute atomic E-state index is 0.110. The normalized spacial score (nSPS) is 39.5. The highest BCUT2D eigenvalue weighted by Crippen LogP contribution is 2.55. The van der Waals surface area contributed by atoms with Gasteiger partial charge in [0.05, 0.1) is 12.7 Å². The molecule has 3 rings (SSSR count). The van der Waals surface area contributed by atoms with Crippen LogP contribution in [0.3, 0.4) is 0 Å². The quantitative estimate of drug-likeness (QED) is 0.338. The molecule has 0 aliphatic heterocycles. The molecule has 0 N–H and O–H groups in total. The summed E-state index contributed by atoms with van der Waals surface area (Å²) < 4.78 is 10.8. The number of hydrogen-bond donors (Lipinski definition) is 0. The topological polar surface area (TPSA) is 35.5 Å². The summed E-state index contributed by atoms with van der Waals surface area (Å²) in [6.45, 7) is 4.28. The fourth-order valence-electron chi connectivity index (χ4n) is 4.16. The summed E-state index contributed by atoms with van der Waals surface area (Å²) in [6.07, 6.45) is 9.74. The molecule has 3 heteroatoms. The van der Waals surface area contributed by atoms with Gasteiger partial charge in [0.1, 0.15) is 11.9 Å². The van der Waals surface area contributed by atoms with E-state index < -0.39 is 0 Å². The number of carbonyl (C=O) groups is 1. The smallest absolute Gasteiger partial charge is 0.334 e. The van der Waals surface area contributed by atoms with Gasteiger partial charge in [-0.05, 0) is 56.8 Å². The van der Waals surface area contributed by atoms with E-state index in [4.69, 9.17) is 9.47 Å². The lowest BCUT2D eigenvalue weighted by atomic mass is 9.86. The van der Waals surface area contributed by atoms with Gasteiger partial charge in [-0.2, -0.15) is 0 Å². The second-order valence-electron chi connectivity index (χ2n) is 5.99. The molecule has 0 aromatic rings. The predicted octanol–water partition coefficient (Wildman–Crippen LogP) is 3.07. The van der Waals surface area contributed by atoms with Crippen LogP contribution in [0.5, 0.6) is 0 Å². The first-order valence-corrected chi connectivity index (χ1v) is 7.37.